The minimum atomic E-state index is -4.41. The van der Waals surface area contributed by atoms with Gasteiger partial charge in [-0.1, -0.05) is 36.4 Å². The number of thioether (sulfide) groups is 1. The van der Waals surface area contributed by atoms with Crippen LogP contribution in [0.1, 0.15) is 35.1 Å². The molecular weight excluding hydrogens is 673 g/mol. The number of carbonyl (C=O) groups is 2. The first-order valence-electron chi connectivity index (χ1n) is 15.1. The van der Waals surface area contributed by atoms with E-state index in [0.717, 1.165) is 37.3 Å². The second-order valence-corrected chi connectivity index (χ2v) is 14.5. The molecule has 248 valence electrons. The number of anilines is 1. The number of carbonyl (C=O) groups excluding carboxylic acids is 2. The molecule has 0 bridgehead atoms. The van der Waals surface area contributed by atoms with Gasteiger partial charge < -0.3 is 10.1 Å². The van der Waals surface area contributed by atoms with Crippen LogP contribution >= 0.6 is 23.1 Å². The van der Waals surface area contributed by atoms with Crippen LogP contribution in [0.5, 0.6) is 0 Å². The van der Waals surface area contributed by atoms with Gasteiger partial charge in [0.1, 0.15) is 5.69 Å². The highest BCUT2D eigenvalue weighted by molar-refractivity contribution is 7.99. The number of thiazole rings is 1. The third-order valence-corrected chi connectivity index (χ3v) is 10.6. The second-order valence-electron chi connectivity index (χ2n) is 10.5. The predicted octanol–water partition coefficient (Wildman–Crippen LogP) is 7.08. The number of aromatic nitrogens is 1. The van der Waals surface area contributed by atoms with Crippen LogP contribution in [0.4, 0.5) is 11.4 Å². The van der Waals surface area contributed by atoms with E-state index in [1.807, 2.05) is 53.3 Å². The molecule has 0 unspecified atom stereocenters. The van der Waals surface area contributed by atoms with E-state index in [2.05, 4.69) is 5.32 Å². The number of nitro benzene ring substituents is 1. The summed E-state index contributed by atoms with van der Waals surface area (Å²) in [6, 6.07) is 25.5. The molecule has 4 aromatic carbocycles. The molecule has 0 aliphatic rings. The van der Waals surface area contributed by atoms with Crippen LogP contribution in [-0.2, 0) is 26.0 Å². The highest BCUT2D eigenvalue weighted by Crippen LogP contribution is 2.30. The Hall–Kier alpha value is -4.79. The molecule has 48 heavy (non-hydrogen) atoms. The maximum Gasteiger partial charge on any atom is 0.305 e. The predicted molar refractivity (Wildman–Crippen MR) is 188 cm³/mol. The summed E-state index contributed by atoms with van der Waals surface area (Å²) in [5, 5.41) is 15.7. The van der Waals surface area contributed by atoms with Gasteiger partial charge in [-0.3, -0.25) is 19.7 Å². The first kappa shape index (κ1) is 34.5. The molecule has 1 aromatic heterocycles. The van der Waals surface area contributed by atoms with Crippen molar-refractivity contribution in [3.05, 3.63) is 112 Å². The number of amides is 1. The van der Waals surface area contributed by atoms with Crippen LogP contribution in [0.25, 0.3) is 21.3 Å². The number of esters is 1. The lowest BCUT2D eigenvalue weighted by Gasteiger charge is -2.11. The van der Waals surface area contributed by atoms with E-state index in [0.29, 0.717) is 38.2 Å². The second kappa shape index (κ2) is 15.9. The lowest BCUT2D eigenvalue weighted by molar-refractivity contribution is -0.384. The highest BCUT2D eigenvalue weighted by Gasteiger charge is 2.24. The summed E-state index contributed by atoms with van der Waals surface area (Å²) in [6.45, 7) is 2.56. The van der Waals surface area contributed by atoms with Crippen molar-refractivity contribution in [3.8, 4) is 11.1 Å². The highest BCUT2D eigenvalue weighted by atomic mass is 32.2. The van der Waals surface area contributed by atoms with Crippen LogP contribution < -0.4 is 10.0 Å². The Kier molecular flexibility index (Phi) is 11.4. The number of hydrogen-bond donors (Lipinski definition) is 2. The largest absolute Gasteiger partial charge is 0.466 e. The Morgan fingerprint density at radius 2 is 1.73 bits per heavy atom. The standard InChI is InChI=1S/C34H32N4O7S3/c1-2-45-33(39)10-6-9-32-36-29-21-25(15-18-31(29)47-32)23-11-13-24(14-12-23)34(40)37-48(43,44)27-16-17-28(30(22-27)38(41)42)35-19-20-46-26-7-4-3-5-8-26/h3-5,7-8,11-18,21-22,35H,2,6,9-10,19-20H2,1H3,(H,37,40). The monoisotopic (exact) mass is 704 g/mol. The Labute approximate surface area is 286 Å². The smallest absolute Gasteiger partial charge is 0.305 e. The van der Waals surface area contributed by atoms with Crippen molar-refractivity contribution in [1.82, 2.24) is 9.71 Å². The van der Waals surface area contributed by atoms with Gasteiger partial charge in [-0.25, -0.2) is 18.1 Å². The van der Waals surface area contributed by atoms with Crippen molar-refractivity contribution >= 4 is 66.6 Å². The number of nitrogens with zero attached hydrogens (tertiary/aromatic N) is 2. The van der Waals surface area contributed by atoms with E-state index in [1.165, 1.54) is 24.3 Å². The zero-order valence-corrected chi connectivity index (χ0v) is 28.3. The first-order chi connectivity index (χ1) is 23.1. The number of benzene rings is 4. The lowest BCUT2D eigenvalue weighted by atomic mass is 10.0. The van der Waals surface area contributed by atoms with E-state index >= 15 is 0 Å². The molecule has 1 amide bonds. The molecule has 0 radical (unpaired) electrons. The first-order valence-corrected chi connectivity index (χ1v) is 18.3. The van der Waals surface area contributed by atoms with Gasteiger partial charge in [0.2, 0.25) is 0 Å². The average molecular weight is 705 g/mol. The van der Waals surface area contributed by atoms with E-state index in [4.69, 9.17) is 9.72 Å². The van der Waals surface area contributed by atoms with Crippen molar-refractivity contribution in [2.45, 2.75) is 36.0 Å². The molecule has 11 nitrogen and oxygen atoms in total. The molecule has 1 heterocycles. The summed E-state index contributed by atoms with van der Waals surface area (Å²) >= 11 is 3.15. The SMILES string of the molecule is CCOC(=O)CCCc1nc2cc(-c3ccc(C(=O)NS(=O)(=O)c4ccc(NCCSc5ccccc5)c([N+](=O)[O-])c4)cc3)ccc2s1. The van der Waals surface area contributed by atoms with E-state index in [9.17, 15) is 28.1 Å². The number of nitro groups is 1. The maximum atomic E-state index is 13.1. The molecule has 2 N–H and O–H groups in total. The Morgan fingerprint density at radius 1 is 0.979 bits per heavy atom. The third-order valence-electron chi connectivity index (χ3n) is 7.12. The van der Waals surface area contributed by atoms with Gasteiger partial charge in [0.05, 0.1) is 31.6 Å². The lowest BCUT2D eigenvalue weighted by Crippen LogP contribution is -2.30. The number of ether oxygens (including phenoxy) is 1. The number of aryl methyl sites for hydroxylation is 1. The molecule has 0 spiro atoms. The van der Waals surface area contributed by atoms with Gasteiger partial charge in [-0.05, 0) is 79.4 Å². The van der Waals surface area contributed by atoms with Crippen molar-refractivity contribution in [1.29, 1.82) is 0 Å². The van der Waals surface area contributed by atoms with Crippen LogP contribution in [0.2, 0.25) is 0 Å². The Balaban J connectivity index is 1.21. The maximum absolute atomic E-state index is 13.1. The summed E-state index contributed by atoms with van der Waals surface area (Å²) in [7, 11) is -4.41. The topological polar surface area (TPSA) is 158 Å². The number of nitrogens with one attached hydrogen (secondary N) is 2. The van der Waals surface area contributed by atoms with Gasteiger partial charge >= 0.3 is 5.97 Å². The number of rotatable bonds is 15. The fraction of sp³-hybridized carbons (Fsp3) is 0.206. The summed E-state index contributed by atoms with van der Waals surface area (Å²) in [6.07, 6.45) is 1.66. The van der Waals surface area contributed by atoms with Gasteiger partial charge in [0, 0.05) is 35.2 Å². The molecule has 0 fully saturated rings. The Bertz CT molecular complexity index is 2030. The molecular formula is C34H32N4O7S3. The summed E-state index contributed by atoms with van der Waals surface area (Å²) in [4.78, 5) is 41.0. The third kappa shape index (κ3) is 8.97. The van der Waals surface area contributed by atoms with Crippen LogP contribution in [-0.4, -0.2) is 49.1 Å². The quantitative estimate of drug-likeness (QED) is 0.0379. The zero-order valence-electron chi connectivity index (χ0n) is 25.9. The molecule has 0 saturated carbocycles. The molecule has 5 aromatic rings. The number of hydrogen-bond acceptors (Lipinski definition) is 11. The summed E-state index contributed by atoms with van der Waals surface area (Å²) in [5.41, 5.74) is 2.35. The zero-order chi connectivity index (χ0) is 34.1. The van der Waals surface area contributed by atoms with Crippen LogP contribution in [0.15, 0.2) is 101 Å². The minimum Gasteiger partial charge on any atom is -0.466 e. The summed E-state index contributed by atoms with van der Waals surface area (Å²) < 4.78 is 34.1. The van der Waals surface area contributed by atoms with Crippen molar-refractivity contribution < 1.29 is 27.7 Å². The normalized spacial score (nSPS) is 11.3. The van der Waals surface area contributed by atoms with E-state index in [1.54, 1.807) is 42.2 Å². The van der Waals surface area contributed by atoms with Crippen molar-refractivity contribution in [2.24, 2.45) is 0 Å². The fourth-order valence-corrected chi connectivity index (χ4v) is 7.56. The van der Waals surface area contributed by atoms with E-state index in [-0.39, 0.29) is 17.2 Å². The van der Waals surface area contributed by atoms with Gasteiger partial charge in [0.25, 0.3) is 21.6 Å². The fourth-order valence-electron chi connectivity index (χ4n) is 4.78. The van der Waals surface area contributed by atoms with Gasteiger partial charge in [-0.15, -0.1) is 23.1 Å². The number of fused-ring (bicyclic) bond motifs is 1. The van der Waals surface area contributed by atoms with Crippen molar-refractivity contribution in [2.75, 3.05) is 24.2 Å². The molecule has 0 aliphatic heterocycles. The molecule has 5 rings (SSSR count). The van der Waals surface area contributed by atoms with Gasteiger partial charge in [-0.2, -0.15) is 0 Å². The van der Waals surface area contributed by atoms with E-state index < -0.39 is 31.4 Å². The molecule has 0 saturated heterocycles. The summed E-state index contributed by atoms with van der Waals surface area (Å²) in [5.74, 6) is -0.450. The molecule has 14 heteroatoms. The minimum absolute atomic E-state index is 0.102. The average Bonchev–Trinajstić information content (AvgIpc) is 3.49. The molecule has 0 aliphatic carbocycles. The number of sulfonamides is 1. The molecule has 0 atom stereocenters. The Morgan fingerprint density at radius 3 is 2.46 bits per heavy atom. The van der Waals surface area contributed by atoms with Crippen LogP contribution in [0.3, 0.4) is 0 Å². The van der Waals surface area contributed by atoms with Crippen molar-refractivity contribution in [3.63, 3.8) is 0 Å². The van der Waals surface area contributed by atoms with Gasteiger partial charge in [0.15, 0.2) is 0 Å². The van der Waals surface area contributed by atoms with Crippen LogP contribution in [0, 0.1) is 10.1 Å².